The highest BCUT2D eigenvalue weighted by Gasteiger charge is 2.48. The average molecular weight is 236 g/mol. The molecule has 2 N–H and O–H groups in total. The highest BCUT2D eigenvalue weighted by Crippen LogP contribution is 2.36. The summed E-state index contributed by atoms with van der Waals surface area (Å²) in [6.07, 6.45) is 1.73. The Labute approximate surface area is 97.7 Å². The standard InChI is InChI=1S/C12H12O5/c1-6-3-7-8(4-13)10(14)12(2,16)11(15)9(7)5-17-6/h3-5,11,15-16H,1-2H3/t11-,12-/m0/s1. The van der Waals surface area contributed by atoms with Gasteiger partial charge in [0, 0.05) is 11.1 Å². The van der Waals surface area contributed by atoms with Crippen molar-refractivity contribution < 1.29 is 24.5 Å². The van der Waals surface area contributed by atoms with Crippen molar-refractivity contribution in [3.8, 4) is 0 Å². The van der Waals surface area contributed by atoms with Gasteiger partial charge < -0.3 is 14.9 Å². The van der Waals surface area contributed by atoms with Gasteiger partial charge in [0.25, 0.3) is 0 Å². The van der Waals surface area contributed by atoms with E-state index in [1.807, 2.05) is 0 Å². The maximum atomic E-state index is 11.9. The van der Waals surface area contributed by atoms with Crippen LogP contribution in [0.1, 0.15) is 13.8 Å². The zero-order valence-corrected chi connectivity index (χ0v) is 9.43. The van der Waals surface area contributed by atoms with Gasteiger partial charge in [-0.3, -0.25) is 9.59 Å². The fourth-order valence-electron chi connectivity index (χ4n) is 1.92. The molecule has 2 atom stereocenters. The van der Waals surface area contributed by atoms with E-state index in [0.29, 0.717) is 17.6 Å². The monoisotopic (exact) mass is 236 g/mol. The normalized spacial score (nSPS) is 32.5. The largest absolute Gasteiger partial charge is 0.469 e. The van der Waals surface area contributed by atoms with Crippen LogP contribution in [0.5, 0.6) is 0 Å². The number of aliphatic hydroxyl groups excluding tert-OH is 1. The number of ether oxygens (including phenoxy) is 1. The molecule has 5 nitrogen and oxygen atoms in total. The molecular formula is C12H12O5. The van der Waals surface area contributed by atoms with E-state index in [-0.39, 0.29) is 11.1 Å². The van der Waals surface area contributed by atoms with Crippen LogP contribution in [-0.4, -0.2) is 34.0 Å². The Balaban J connectivity index is 2.69. The van der Waals surface area contributed by atoms with E-state index in [1.54, 1.807) is 6.92 Å². The Morgan fingerprint density at radius 1 is 1.53 bits per heavy atom. The third-order valence-corrected chi connectivity index (χ3v) is 2.97. The Bertz CT molecular complexity index is 493. The van der Waals surface area contributed by atoms with Crippen molar-refractivity contribution in [1.29, 1.82) is 0 Å². The zero-order valence-electron chi connectivity index (χ0n) is 9.43. The lowest BCUT2D eigenvalue weighted by molar-refractivity contribution is -0.142. The van der Waals surface area contributed by atoms with E-state index < -0.39 is 17.5 Å². The number of carbonyl (C=O) groups excluding carboxylic acids is 2. The van der Waals surface area contributed by atoms with E-state index in [1.165, 1.54) is 19.3 Å². The van der Waals surface area contributed by atoms with Gasteiger partial charge in [0.05, 0.1) is 11.8 Å². The molecule has 2 aliphatic rings. The summed E-state index contributed by atoms with van der Waals surface area (Å²) < 4.78 is 5.11. The number of Topliss-reactive ketones (excluding diaryl/α,β-unsaturated/α-hetero) is 1. The van der Waals surface area contributed by atoms with Gasteiger partial charge in [-0.25, -0.2) is 0 Å². The number of hydrogen-bond acceptors (Lipinski definition) is 5. The van der Waals surface area contributed by atoms with Gasteiger partial charge in [0.1, 0.15) is 11.9 Å². The molecule has 0 spiro atoms. The zero-order chi connectivity index (χ0) is 12.8. The molecule has 0 fully saturated rings. The molecule has 1 aliphatic carbocycles. The smallest absolute Gasteiger partial charge is 0.200 e. The fourth-order valence-corrected chi connectivity index (χ4v) is 1.92. The molecule has 0 saturated carbocycles. The molecule has 1 heterocycles. The summed E-state index contributed by atoms with van der Waals surface area (Å²) in [7, 11) is 0. The SMILES string of the molecule is CC1=CC2=C(C=O)C(=O)[C@](C)(O)[C@@H](O)C2=CO1. The van der Waals surface area contributed by atoms with Crippen LogP contribution in [0, 0.1) is 0 Å². The Morgan fingerprint density at radius 3 is 2.76 bits per heavy atom. The number of fused-ring (bicyclic) bond motifs is 1. The van der Waals surface area contributed by atoms with E-state index in [2.05, 4.69) is 0 Å². The van der Waals surface area contributed by atoms with Crippen LogP contribution < -0.4 is 0 Å². The lowest BCUT2D eigenvalue weighted by atomic mass is 9.75. The van der Waals surface area contributed by atoms with Gasteiger partial charge in [-0.2, -0.15) is 0 Å². The van der Waals surface area contributed by atoms with Crippen LogP contribution in [0.15, 0.2) is 34.8 Å². The van der Waals surface area contributed by atoms with Gasteiger partial charge in [-0.1, -0.05) is 0 Å². The minimum atomic E-state index is -2.01. The molecular weight excluding hydrogens is 224 g/mol. The molecule has 0 amide bonds. The molecule has 2 rings (SSSR count). The summed E-state index contributed by atoms with van der Waals surface area (Å²) in [4.78, 5) is 22.8. The highest BCUT2D eigenvalue weighted by molar-refractivity contribution is 6.18. The second kappa shape index (κ2) is 3.65. The first-order valence-corrected chi connectivity index (χ1v) is 5.09. The van der Waals surface area contributed by atoms with E-state index in [0.717, 1.165) is 0 Å². The first-order valence-electron chi connectivity index (χ1n) is 5.09. The third kappa shape index (κ3) is 1.55. The Kier molecular flexibility index (Phi) is 2.52. The van der Waals surface area contributed by atoms with Gasteiger partial charge in [0.15, 0.2) is 11.9 Å². The number of aldehydes is 1. The number of ketones is 1. The summed E-state index contributed by atoms with van der Waals surface area (Å²) in [5.74, 6) is -0.275. The van der Waals surface area contributed by atoms with Gasteiger partial charge in [-0.15, -0.1) is 0 Å². The predicted octanol–water partition coefficient (Wildman–Crippen LogP) is -0.00560. The van der Waals surface area contributed by atoms with E-state index in [4.69, 9.17) is 4.74 Å². The van der Waals surface area contributed by atoms with Crippen molar-refractivity contribution in [2.75, 3.05) is 0 Å². The number of carbonyl (C=O) groups is 2. The lowest BCUT2D eigenvalue weighted by Gasteiger charge is -2.35. The lowest BCUT2D eigenvalue weighted by Crippen LogP contribution is -2.52. The maximum absolute atomic E-state index is 11.9. The van der Waals surface area contributed by atoms with Crippen molar-refractivity contribution in [2.45, 2.75) is 25.6 Å². The first-order chi connectivity index (χ1) is 7.89. The predicted molar refractivity (Wildman–Crippen MR) is 57.7 cm³/mol. The van der Waals surface area contributed by atoms with Crippen LogP contribution in [0.2, 0.25) is 0 Å². The second-order valence-electron chi connectivity index (χ2n) is 4.27. The third-order valence-electron chi connectivity index (χ3n) is 2.97. The highest BCUT2D eigenvalue weighted by atomic mass is 16.5. The number of rotatable bonds is 1. The molecule has 0 unspecified atom stereocenters. The molecule has 0 bridgehead atoms. The Morgan fingerprint density at radius 2 is 2.18 bits per heavy atom. The van der Waals surface area contributed by atoms with Crippen LogP contribution >= 0.6 is 0 Å². The molecule has 0 saturated heterocycles. The van der Waals surface area contributed by atoms with Crippen molar-refractivity contribution in [3.05, 3.63) is 34.8 Å². The van der Waals surface area contributed by atoms with Crippen molar-refractivity contribution in [1.82, 2.24) is 0 Å². The summed E-state index contributed by atoms with van der Waals surface area (Å²) in [5, 5.41) is 19.8. The van der Waals surface area contributed by atoms with Crippen molar-refractivity contribution >= 4 is 12.1 Å². The van der Waals surface area contributed by atoms with Gasteiger partial charge in [-0.05, 0) is 19.9 Å². The summed E-state index contributed by atoms with van der Waals surface area (Å²) in [5.41, 5.74) is -1.60. The van der Waals surface area contributed by atoms with Crippen molar-refractivity contribution in [2.24, 2.45) is 0 Å². The van der Waals surface area contributed by atoms with E-state index in [9.17, 15) is 19.8 Å². The first kappa shape index (κ1) is 11.8. The second-order valence-corrected chi connectivity index (χ2v) is 4.27. The minimum absolute atomic E-state index is 0.144. The van der Waals surface area contributed by atoms with Crippen LogP contribution in [0.25, 0.3) is 0 Å². The quantitative estimate of drug-likeness (QED) is 0.494. The average Bonchev–Trinajstić information content (AvgIpc) is 2.28. The fraction of sp³-hybridized carbons (Fsp3) is 0.333. The molecule has 0 aromatic carbocycles. The van der Waals surface area contributed by atoms with Crippen LogP contribution in [-0.2, 0) is 14.3 Å². The minimum Gasteiger partial charge on any atom is -0.469 e. The van der Waals surface area contributed by atoms with Crippen molar-refractivity contribution in [3.63, 3.8) is 0 Å². The van der Waals surface area contributed by atoms with Gasteiger partial charge in [0.2, 0.25) is 5.78 Å². The molecule has 90 valence electrons. The van der Waals surface area contributed by atoms with Crippen LogP contribution in [0.4, 0.5) is 0 Å². The number of hydrogen-bond donors (Lipinski definition) is 2. The maximum Gasteiger partial charge on any atom is 0.200 e. The van der Waals surface area contributed by atoms with Crippen LogP contribution in [0.3, 0.4) is 0 Å². The molecule has 0 radical (unpaired) electrons. The molecule has 0 aromatic heterocycles. The molecule has 1 aliphatic heterocycles. The summed E-state index contributed by atoms with van der Waals surface area (Å²) in [6.45, 7) is 2.83. The molecule has 5 heteroatoms. The molecule has 17 heavy (non-hydrogen) atoms. The van der Waals surface area contributed by atoms with E-state index >= 15 is 0 Å². The number of allylic oxidation sites excluding steroid dienone is 2. The number of aliphatic hydroxyl groups is 2. The van der Waals surface area contributed by atoms with Gasteiger partial charge >= 0.3 is 0 Å². The topological polar surface area (TPSA) is 83.8 Å². The Hall–Kier alpha value is -1.72. The molecule has 0 aromatic rings. The summed E-state index contributed by atoms with van der Waals surface area (Å²) >= 11 is 0. The summed E-state index contributed by atoms with van der Waals surface area (Å²) in [6, 6.07) is 0.